The highest BCUT2D eigenvalue weighted by Crippen LogP contribution is 2.26. The molecule has 2 aromatic rings. The van der Waals surface area contributed by atoms with Crippen molar-refractivity contribution in [1.29, 1.82) is 0 Å². The van der Waals surface area contributed by atoms with E-state index < -0.39 is 11.6 Å². The van der Waals surface area contributed by atoms with Crippen molar-refractivity contribution in [1.82, 2.24) is 0 Å². The van der Waals surface area contributed by atoms with Gasteiger partial charge in [-0.15, -0.1) is 11.3 Å². The van der Waals surface area contributed by atoms with E-state index >= 15 is 0 Å². The Morgan fingerprint density at radius 2 is 2.00 bits per heavy atom. The number of carbonyl (C=O) groups excluding carboxylic acids is 1. The van der Waals surface area contributed by atoms with Gasteiger partial charge in [0.1, 0.15) is 0 Å². The van der Waals surface area contributed by atoms with Crippen LogP contribution in [-0.4, -0.2) is 12.5 Å². The van der Waals surface area contributed by atoms with Crippen molar-refractivity contribution in [3.63, 3.8) is 0 Å². The predicted octanol–water partition coefficient (Wildman–Crippen LogP) is 4.46. The quantitative estimate of drug-likeness (QED) is 0.804. The maximum absolute atomic E-state index is 13.2. The predicted molar refractivity (Wildman–Crippen MR) is 75.7 cm³/mol. The van der Waals surface area contributed by atoms with Crippen molar-refractivity contribution in [3.05, 3.63) is 50.6 Å². The molecule has 0 spiro atoms. The molecule has 6 heteroatoms. The van der Waals surface area contributed by atoms with Crippen LogP contribution in [0.25, 0.3) is 0 Å². The topological polar surface area (TPSA) is 20.3 Å². The molecule has 0 aliphatic heterocycles. The zero-order valence-electron chi connectivity index (χ0n) is 9.99. The average molecular weight is 346 g/mol. The Labute approximate surface area is 121 Å². The van der Waals surface area contributed by atoms with E-state index in [1.165, 1.54) is 22.3 Å². The summed E-state index contributed by atoms with van der Waals surface area (Å²) in [5.74, 6) is -2.12. The van der Waals surface area contributed by atoms with Crippen LogP contribution in [0.5, 0.6) is 0 Å². The highest BCUT2D eigenvalue weighted by atomic mass is 79.9. The Balaban J connectivity index is 2.33. The molecule has 0 fully saturated rings. The summed E-state index contributed by atoms with van der Waals surface area (Å²) in [6.07, 6.45) is 0. The molecule has 0 bridgehead atoms. The molecular weight excluding hydrogens is 336 g/mol. The Morgan fingerprint density at radius 3 is 2.53 bits per heavy atom. The number of amides is 1. The molecule has 19 heavy (non-hydrogen) atoms. The average Bonchev–Trinajstić information content (AvgIpc) is 2.81. The van der Waals surface area contributed by atoms with E-state index in [2.05, 4.69) is 15.9 Å². The number of thiophene rings is 1. The Kier molecular flexibility index (Phi) is 4.31. The van der Waals surface area contributed by atoms with Gasteiger partial charge in [0, 0.05) is 18.3 Å². The van der Waals surface area contributed by atoms with Crippen molar-refractivity contribution >= 4 is 38.9 Å². The lowest BCUT2D eigenvalue weighted by molar-refractivity contribution is 0.0992. The number of benzene rings is 1. The molecule has 100 valence electrons. The molecule has 1 aromatic heterocycles. The first kappa shape index (κ1) is 14.1. The Morgan fingerprint density at radius 1 is 1.26 bits per heavy atom. The largest absolute Gasteiger partial charge is 0.308 e. The van der Waals surface area contributed by atoms with Crippen LogP contribution < -0.4 is 4.90 Å². The van der Waals surface area contributed by atoms with Crippen LogP contribution in [0.2, 0.25) is 0 Å². The summed E-state index contributed by atoms with van der Waals surface area (Å²) in [7, 11) is 0. The lowest BCUT2D eigenvalue weighted by Crippen LogP contribution is -2.30. The first-order valence-electron chi connectivity index (χ1n) is 5.55. The van der Waals surface area contributed by atoms with Crippen LogP contribution >= 0.6 is 27.3 Å². The van der Waals surface area contributed by atoms with Gasteiger partial charge in [-0.3, -0.25) is 4.79 Å². The summed E-state index contributed by atoms with van der Waals surface area (Å²) >= 11 is 4.59. The number of hydrogen-bond donors (Lipinski definition) is 0. The second-order valence-electron chi connectivity index (χ2n) is 3.75. The molecule has 0 unspecified atom stereocenters. The van der Waals surface area contributed by atoms with Crippen molar-refractivity contribution in [2.75, 3.05) is 11.4 Å². The fourth-order valence-corrected chi connectivity index (χ4v) is 2.99. The summed E-state index contributed by atoms with van der Waals surface area (Å²) in [6, 6.07) is 6.91. The van der Waals surface area contributed by atoms with Gasteiger partial charge < -0.3 is 4.90 Å². The van der Waals surface area contributed by atoms with Crippen LogP contribution in [0, 0.1) is 11.6 Å². The van der Waals surface area contributed by atoms with E-state index in [0.717, 1.165) is 15.9 Å². The minimum atomic E-state index is -0.962. The summed E-state index contributed by atoms with van der Waals surface area (Å²) in [6.45, 7) is 2.15. The van der Waals surface area contributed by atoms with Gasteiger partial charge in [0.05, 0.1) is 8.66 Å². The minimum absolute atomic E-state index is 0.232. The molecule has 0 saturated heterocycles. The molecule has 1 heterocycles. The molecule has 0 atom stereocenters. The van der Waals surface area contributed by atoms with Crippen LogP contribution in [0.15, 0.2) is 34.1 Å². The molecule has 0 radical (unpaired) electrons. The maximum atomic E-state index is 13.2. The van der Waals surface area contributed by atoms with Crippen molar-refractivity contribution in [2.45, 2.75) is 6.92 Å². The normalized spacial score (nSPS) is 10.5. The Hall–Kier alpha value is -1.27. The molecule has 2 nitrogen and oxygen atoms in total. The molecule has 1 aromatic carbocycles. The smallest absolute Gasteiger partial charge is 0.268 e. The second kappa shape index (κ2) is 5.79. The summed E-state index contributed by atoms with van der Waals surface area (Å²) in [5, 5.41) is 0. The van der Waals surface area contributed by atoms with Crippen LogP contribution in [-0.2, 0) is 0 Å². The molecule has 0 aliphatic rings. The van der Waals surface area contributed by atoms with Gasteiger partial charge in [-0.05, 0) is 47.1 Å². The third kappa shape index (κ3) is 3.01. The number of rotatable bonds is 3. The highest BCUT2D eigenvalue weighted by Gasteiger charge is 2.19. The van der Waals surface area contributed by atoms with Gasteiger partial charge in [-0.2, -0.15) is 0 Å². The molecule has 1 amide bonds. The maximum Gasteiger partial charge on any atom is 0.268 e. The zero-order chi connectivity index (χ0) is 14.0. The number of carbonyl (C=O) groups is 1. The van der Waals surface area contributed by atoms with E-state index in [9.17, 15) is 13.6 Å². The van der Waals surface area contributed by atoms with Crippen molar-refractivity contribution < 1.29 is 13.6 Å². The molecule has 0 N–H and O–H groups in total. The van der Waals surface area contributed by atoms with Gasteiger partial charge in [-0.1, -0.05) is 0 Å². The molecule has 0 saturated carbocycles. The fraction of sp³-hybridized carbons (Fsp3) is 0.154. The second-order valence-corrected chi connectivity index (χ2v) is 6.21. The monoisotopic (exact) mass is 345 g/mol. The van der Waals surface area contributed by atoms with Gasteiger partial charge in [0.15, 0.2) is 11.6 Å². The van der Waals surface area contributed by atoms with Gasteiger partial charge in [0.2, 0.25) is 0 Å². The van der Waals surface area contributed by atoms with E-state index in [-0.39, 0.29) is 5.91 Å². The van der Waals surface area contributed by atoms with E-state index in [0.29, 0.717) is 17.1 Å². The van der Waals surface area contributed by atoms with Gasteiger partial charge in [-0.25, -0.2) is 8.78 Å². The summed E-state index contributed by atoms with van der Waals surface area (Å²) in [4.78, 5) is 14.2. The lowest BCUT2D eigenvalue weighted by atomic mass is 10.2. The SMILES string of the molecule is CCN(C(=O)c1ccc(Br)s1)c1ccc(F)c(F)c1. The van der Waals surface area contributed by atoms with Crippen LogP contribution in [0.3, 0.4) is 0 Å². The van der Waals surface area contributed by atoms with Gasteiger partial charge >= 0.3 is 0 Å². The summed E-state index contributed by atoms with van der Waals surface area (Å²) in [5.41, 5.74) is 0.343. The third-order valence-corrected chi connectivity index (χ3v) is 4.17. The van der Waals surface area contributed by atoms with Crippen molar-refractivity contribution in [2.24, 2.45) is 0 Å². The first-order chi connectivity index (χ1) is 9.02. The highest BCUT2D eigenvalue weighted by molar-refractivity contribution is 9.11. The number of hydrogen-bond acceptors (Lipinski definition) is 2. The van der Waals surface area contributed by atoms with E-state index in [1.54, 1.807) is 19.1 Å². The number of anilines is 1. The van der Waals surface area contributed by atoms with Crippen LogP contribution in [0.1, 0.15) is 16.6 Å². The zero-order valence-corrected chi connectivity index (χ0v) is 12.4. The number of halogens is 3. The molecular formula is C13H10BrF2NOS. The first-order valence-corrected chi connectivity index (χ1v) is 7.16. The fourth-order valence-electron chi connectivity index (χ4n) is 1.66. The Bertz CT molecular complexity index is 614. The number of nitrogens with zero attached hydrogens (tertiary/aromatic N) is 1. The third-order valence-electron chi connectivity index (χ3n) is 2.56. The lowest BCUT2D eigenvalue weighted by Gasteiger charge is -2.20. The molecule has 2 rings (SSSR count). The van der Waals surface area contributed by atoms with E-state index in [4.69, 9.17) is 0 Å². The van der Waals surface area contributed by atoms with E-state index in [1.807, 2.05) is 0 Å². The van der Waals surface area contributed by atoms with Gasteiger partial charge in [0.25, 0.3) is 5.91 Å². The molecule has 0 aliphatic carbocycles. The minimum Gasteiger partial charge on any atom is -0.308 e. The van der Waals surface area contributed by atoms with Crippen LogP contribution in [0.4, 0.5) is 14.5 Å². The standard InChI is InChI=1S/C13H10BrF2NOS/c1-2-17(8-3-4-9(15)10(16)7-8)13(18)11-5-6-12(14)19-11/h3-7H,2H2,1H3. The van der Waals surface area contributed by atoms with Crippen molar-refractivity contribution in [3.8, 4) is 0 Å². The summed E-state index contributed by atoms with van der Waals surface area (Å²) < 4.78 is 27.0.